The molecule has 0 bridgehead atoms. The van der Waals surface area contributed by atoms with Crippen molar-refractivity contribution in [3.8, 4) is 17.2 Å². The number of hydrogen-bond donors (Lipinski definition) is 0. The van der Waals surface area contributed by atoms with Crippen LogP contribution in [0.25, 0.3) is 0 Å². The molecule has 3 rings (SSSR count). The molecule has 0 amide bonds. The van der Waals surface area contributed by atoms with E-state index in [1.54, 1.807) is 13.3 Å². The van der Waals surface area contributed by atoms with Crippen molar-refractivity contribution >= 4 is 39.4 Å². The monoisotopic (exact) mass is 473 g/mol. The van der Waals surface area contributed by atoms with E-state index in [0.717, 1.165) is 27.0 Å². The average Bonchev–Trinajstić information content (AvgIpc) is 2.73. The largest absolute Gasteiger partial charge is 0.497 e. The lowest BCUT2D eigenvalue weighted by Gasteiger charge is -2.15. The van der Waals surface area contributed by atoms with E-state index in [9.17, 15) is 0 Å². The molecule has 0 aromatic heterocycles. The van der Waals surface area contributed by atoms with Gasteiger partial charge in [0.2, 0.25) is 0 Å². The number of ether oxygens (including phenoxy) is 3. The van der Waals surface area contributed by atoms with E-state index in [2.05, 4.69) is 20.9 Å². The third kappa shape index (κ3) is 5.75. The van der Waals surface area contributed by atoms with E-state index in [1.807, 2.05) is 67.6 Å². The van der Waals surface area contributed by atoms with Crippen molar-refractivity contribution in [2.75, 3.05) is 13.7 Å². The van der Waals surface area contributed by atoms with E-state index in [0.29, 0.717) is 29.7 Å². The number of halogens is 2. The summed E-state index contributed by atoms with van der Waals surface area (Å²) in [4.78, 5) is 4.51. The second-order valence-electron chi connectivity index (χ2n) is 6.10. The highest BCUT2D eigenvalue weighted by Gasteiger charge is 2.13. The van der Waals surface area contributed by atoms with Crippen LogP contribution in [-0.2, 0) is 6.61 Å². The predicted molar refractivity (Wildman–Crippen MR) is 121 cm³/mol. The Balaban J connectivity index is 1.81. The van der Waals surface area contributed by atoms with Crippen molar-refractivity contribution in [1.29, 1.82) is 0 Å². The van der Waals surface area contributed by atoms with Crippen molar-refractivity contribution in [2.45, 2.75) is 13.5 Å². The number of nitrogens with zero attached hydrogens (tertiary/aromatic N) is 1. The molecule has 0 saturated heterocycles. The van der Waals surface area contributed by atoms with Crippen molar-refractivity contribution in [3.05, 3.63) is 81.3 Å². The van der Waals surface area contributed by atoms with E-state index in [-0.39, 0.29) is 0 Å². The van der Waals surface area contributed by atoms with Gasteiger partial charge in [0, 0.05) is 16.8 Å². The number of hydrogen-bond acceptors (Lipinski definition) is 4. The highest BCUT2D eigenvalue weighted by atomic mass is 79.9. The lowest BCUT2D eigenvalue weighted by atomic mass is 10.2. The highest BCUT2D eigenvalue weighted by molar-refractivity contribution is 9.10. The number of benzene rings is 3. The van der Waals surface area contributed by atoms with Crippen LogP contribution in [-0.4, -0.2) is 19.9 Å². The number of aliphatic imine (C=N–C) groups is 1. The van der Waals surface area contributed by atoms with Gasteiger partial charge in [0.15, 0.2) is 11.5 Å². The van der Waals surface area contributed by atoms with Crippen LogP contribution < -0.4 is 14.2 Å². The summed E-state index contributed by atoms with van der Waals surface area (Å²) in [6.07, 6.45) is 1.78. The van der Waals surface area contributed by atoms with E-state index in [1.165, 1.54) is 0 Å². The molecule has 4 nitrogen and oxygen atoms in total. The summed E-state index contributed by atoms with van der Waals surface area (Å²) in [5.74, 6) is 2.07. The van der Waals surface area contributed by atoms with Crippen LogP contribution in [0.3, 0.4) is 0 Å². The van der Waals surface area contributed by atoms with Crippen molar-refractivity contribution in [1.82, 2.24) is 0 Å². The van der Waals surface area contributed by atoms with Crippen LogP contribution in [0.15, 0.2) is 70.1 Å². The Bertz CT molecular complexity index is 990. The highest BCUT2D eigenvalue weighted by Crippen LogP contribution is 2.37. The summed E-state index contributed by atoms with van der Waals surface area (Å²) in [6.45, 7) is 2.80. The first-order valence-electron chi connectivity index (χ1n) is 9.11. The summed E-state index contributed by atoms with van der Waals surface area (Å²) >= 11 is 9.82. The Hall–Kier alpha value is -2.50. The van der Waals surface area contributed by atoms with Crippen LogP contribution >= 0.6 is 27.5 Å². The van der Waals surface area contributed by atoms with Gasteiger partial charge in [0.25, 0.3) is 0 Å². The summed E-state index contributed by atoms with van der Waals surface area (Å²) in [5.41, 5.74) is 2.63. The van der Waals surface area contributed by atoms with Crippen molar-refractivity contribution < 1.29 is 14.2 Å². The molecule has 0 radical (unpaired) electrons. The fraction of sp³-hybridized carbons (Fsp3) is 0.174. The summed E-state index contributed by atoms with van der Waals surface area (Å²) < 4.78 is 17.8. The molecule has 0 fully saturated rings. The van der Waals surface area contributed by atoms with Gasteiger partial charge in [-0.05, 0) is 70.9 Å². The molecule has 6 heteroatoms. The molecule has 3 aromatic rings. The molecule has 0 spiro atoms. The fourth-order valence-electron chi connectivity index (χ4n) is 2.65. The van der Waals surface area contributed by atoms with Gasteiger partial charge in [0.05, 0.1) is 23.9 Å². The van der Waals surface area contributed by atoms with Crippen LogP contribution in [0.5, 0.6) is 17.2 Å². The third-order valence-electron chi connectivity index (χ3n) is 4.10. The maximum Gasteiger partial charge on any atom is 0.175 e. The maximum atomic E-state index is 6.23. The zero-order valence-electron chi connectivity index (χ0n) is 16.2. The van der Waals surface area contributed by atoms with Crippen LogP contribution in [0.4, 0.5) is 5.69 Å². The van der Waals surface area contributed by atoms with E-state index < -0.39 is 0 Å². The standard InChI is InChI=1S/C23H21BrClNO3/c1-3-28-22-13-16(14-26-18-8-10-19(27-2)11-9-18)12-20(24)23(22)29-15-17-6-4-5-7-21(17)25/h4-14H,3,15H2,1-2H3. The molecular weight excluding hydrogens is 454 g/mol. The SMILES string of the molecule is CCOc1cc(C=Nc2ccc(OC)cc2)cc(Br)c1OCc1ccccc1Cl. The first kappa shape index (κ1) is 21.2. The second-order valence-corrected chi connectivity index (χ2v) is 7.36. The maximum absolute atomic E-state index is 6.23. The van der Waals surface area contributed by atoms with Crippen molar-refractivity contribution in [3.63, 3.8) is 0 Å². The molecular formula is C23H21BrClNO3. The van der Waals surface area contributed by atoms with Gasteiger partial charge in [-0.25, -0.2) is 0 Å². The summed E-state index contributed by atoms with van der Waals surface area (Å²) in [7, 11) is 1.64. The molecule has 0 N–H and O–H groups in total. The minimum Gasteiger partial charge on any atom is -0.497 e. The van der Waals surface area contributed by atoms with Gasteiger partial charge in [-0.2, -0.15) is 0 Å². The predicted octanol–water partition coefficient (Wildman–Crippen LogP) is 6.84. The van der Waals surface area contributed by atoms with Gasteiger partial charge in [-0.15, -0.1) is 0 Å². The molecule has 150 valence electrons. The Morgan fingerprint density at radius 2 is 1.79 bits per heavy atom. The first-order chi connectivity index (χ1) is 14.1. The smallest absolute Gasteiger partial charge is 0.175 e. The van der Waals surface area contributed by atoms with Crippen LogP contribution in [0, 0.1) is 0 Å². The molecule has 0 aliphatic heterocycles. The van der Waals surface area contributed by atoms with Gasteiger partial charge < -0.3 is 14.2 Å². The quantitative estimate of drug-likeness (QED) is 0.336. The van der Waals surface area contributed by atoms with Crippen LogP contribution in [0.2, 0.25) is 5.02 Å². The zero-order valence-corrected chi connectivity index (χ0v) is 18.5. The molecule has 3 aromatic carbocycles. The topological polar surface area (TPSA) is 40.0 Å². The molecule has 29 heavy (non-hydrogen) atoms. The normalized spacial score (nSPS) is 10.9. The van der Waals surface area contributed by atoms with Gasteiger partial charge in [-0.3, -0.25) is 4.99 Å². The first-order valence-corrected chi connectivity index (χ1v) is 10.3. The van der Waals surface area contributed by atoms with E-state index >= 15 is 0 Å². The number of methoxy groups -OCH3 is 1. The molecule has 0 saturated carbocycles. The van der Waals surface area contributed by atoms with Crippen LogP contribution in [0.1, 0.15) is 18.1 Å². The lowest BCUT2D eigenvalue weighted by molar-refractivity contribution is 0.267. The number of rotatable bonds is 8. The molecule has 0 atom stereocenters. The minimum atomic E-state index is 0.345. The summed E-state index contributed by atoms with van der Waals surface area (Å²) in [5, 5.41) is 0.671. The Labute approximate surface area is 184 Å². The Morgan fingerprint density at radius 1 is 1.03 bits per heavy atom. The molecule has 0 heterocycles. The lowest BCUT2D eigenvalue weighted by Crippen LogP contribution is -2.02. The molecule has 0 aliphatic rings. The average molecular weight is 475 g/mol. The van der Waals surface area contributed by atoms with E-state index in [4.69, 9.17) is 25.8 Å². The minimum absolute atomic E-state index is 0.345. The molecule has 0 aliphatic carbocycles. The molecule has 0 unspecified atom stereocenters. The van der Waals surface area contributed by atoms with Crippen molar-refractivity contribution in [2.24, 2.45) is 4.99 Å². The Kier molecular flexibility index (Phi) is 7.55. The zero-order chi connectivity index (χ0) is 20.6. The second kappa shape index (κ2) is 10.3. The van der Waals surface area contributed by atoms with Gasteiger partial charge >= 0.3 is 0 Å². The fourth-order valence-corrected chi connectivity index (χ4v) is 3.41. The third-order valence-corrected chi connectivity index (χ3v) is 5.05. The van der Waals surface area contributed by atoms with Gasteiger partial charge in [-0.1, -0.05) is 29.8 Å². The summed E-state index contributed by atoms with van der Waals surface area (Å²) in [6, 6.07) is 19.0. The Morgan fingerprint density at radius 3 is 2.48 bits per heavy atom. The van der Waals surface area contributed by atoms with Gasteiger partial charge in [0.1, 0.15) is 12.4 Å².